The fraction of sp³-hybridized carbons (Fsp3) is 0.375. The van der Waals surface area contributed by atoms with E-state index >= 15 is 0 Å². The largest absolute Gasteiger partial charge is 0.422 e. The van der Waals surface area contributed by atoms with Crippen LogP contribution in [0.4, 0.5) is 0 Å². The van der Waals surface area contributed by atoms with Crippen molar-refractivity contribution in [3.8, 4) is 0 Å². The van der Waals surface area contributed by atoms with Gasteiger partial charge in [-0.3, -0.25) is 4.79 Å². The topological polar surface area (TPSA) is 62.6 Å². The highest BCUT2D eigenvalue weighted by molar-refractivity contribution is 5.96. The zero-order valence-electron chi connectivity index (χ0n) is 12.5. The lowest BCUT2D eigenvalue weighted by atomic mass is 10.1. The maximum atomic E-state index is 12.6. The molecule has 1 aliphatic rings. The van der Waals surface area contributed by atoms with Crippen LogP contribution in [0.15, 0.2) is 39.5 Å². The average molecular weight is 323 g/mol. The van der Waals surface area contributed by atoms with Crippen LogP contribution < -0.4 is 10.9 Å². The highest BCUT2D eigenvalue weighted by atomic mass is 35.5. The van der Waals surface area contributed by atoms with E-state index in [4.69, 9.17) is 4.42 Å². The van der Waals surface area contributed by atoms with Crippen LogP contribution in [-0.4, -0.2) is 36.0 Å². The molecule has 2 heterocycles. The van der Waals surface area contributed by atoms with Crippen LogP contribution in [0.1, 0.15) is 24.2 Å². The number of hydrogen-bond acceptors (Lipinski definition) is 4. The van der Waals surface area contributed by atoms with E-state index in [0.29, 0.717) is 18.7 Å². The third kappa shape index (κ3) is 3.15. The Morgan fingerprint density at radius 1 is 1.23 bits per heavy atom. The van der Waals surface area contributed by atoms with Gasteiger partial charge in [-0.2, -0.15) is 0 Å². The molecule has 118 valence electrons. The quantitative estimate of drug-likeness (QED) is 0.816. The number of fused-ring (bicyclic) bond motifs is 1. The van der Waals surface area contributed by atoms with Crippen LogP contribution in [0.3, 0.4) is 0 Å². The van der Waals surface area contributed by atoms with E-state index < -0.39 is 5.63 Å². The molecule has 6 heteroatoms. The van der Waals surface area contributed by atoms with Gasteiger partial charge in [0.05, 0.1) is 0 Å². The van der Waals surface area contributed by atoms with Crippen molar-refractivity contribution in [3.05, 3.63) is 46.3 Å². The van der Waals surface area contributed by atoms with Crippen LogP contribution in [0, 0.1) is 0 Å². The average Bonchev–Trinajstić information content (AvgIpc) is 2.44. The van der Waals surface area contributed by atoms with Crippen molar-refractivity contribution in [2.24, 2.45) is 0 Å². The van der Waals surface area contributed by atoms with E-state index in [0.717, 1.165) is 5.39 Å². The van der Waals surface area contributed by atoms with Crippen molar-refractivity contribution >= 4 is 29.3 Å². The van der Waals surface area contributed by atoms with Gasteiger partial charge >= 0.3 is 5.63 Å². The predicted octanol–water partition coefficient (Wildman–Crippen LogP) is 2.04. The van der Waals surface area contributed by atoms with Gasteiger partial charge in [0.25, 0.3) is 5.91 Å². The summed E-state index contributed by atoms with van der Waals surface area (Å²) in [6.07, 6.45) is 0. The zero-order valence-corrected chi connectivity index (χ0v) is 13.4. The number of nitrogens with zero attached hydrogens (tertiary/aromatic N) is 1. The summed E-state index contributed by atoms with van der Waals surface area (Å²) in [5.74, 6) is -0.255. The minimum absolute atomic E-state index is 0. The summed E-state index contributed by atoms with van der Waals surface area (Å²) in [7, 11) is 0. The van der Waals surface area contributed by atoms with Gasteiger partial charge in [0.2, 0.25) is 0 Å². The normalized spacial score (nSPS) is 21.5. The van der Waals surface area contributed by atoms with Crippen LogP contribution in [0.25, 0.3) is 11.0 Å². The smallest absolute Gasteiger partial charge is 0.349 e. The molecule has 0 saturated carbocycles. The van der Waals surface area contributed by atoms with E-state index in [1.165, 1.54) is 0 Å². The number of carbonyl (C=O) groups is 1. The molecule has 1 N–H and O–H groups in total. The standard InChI is InChI=1S/C16H18N2O3.ClH/c1-10-8-18(9-11(2)17-10)15(19)13-7-12-5-3-4-6-14(12)21-16(13)20;/h3-7,10-11,17H,8-9H2,1-2H3;1H. The molecule has 5 nitrogen and oxygen atoms in total. The molecule has 3 rings (SSSR count). The second-order valence-electron chi connectivity index (χ2n) is 5.66. The molecule has 0 spiro atoms. The summed E-state index contributed by atoms with van der Waals surface area (Å²) < 4.78 is 5.24. The molecule has 1 amide bonds. The summed E-state index contributed by atoms with van der Waals surface area (Å²) >= 11 is 0. The summed E-state index contributed by atoms with van der Waals surface area (Å²) in [4.78, 5) is 26.4. The summed E-state index contributed by atoms with van der Waals surface area (Å²) in [6.45, 7) is 5.24. The molecule has 1 fully saturated rings. The Morgan fingerprint density at radius 2 is 1.86 bits per heavy atom. The highest BCUT2D eigenvalue weighted by Crippen LogP contribution is 2.15. The molecule has 0 aliphatic carbocycles. The molecule has 1 aromatic heterocycles. The first kappa shape index (κ1) is 16.5. The minimum atomic E-state index is -0.572. The third-order valence-corrected chi connectivity index (χ3v) is 3.72. The fourth-order valence-electron chi connectivity index (χ4n) is 2.87. The summed E-state index contributed by atoms with van der Waals surface area (Å²) in [5, 5.41) is 4.13. The molecule has 1 aromatic carbocycles. The van der Waals surface area contributed by atoms with Gasteiger partial charge in [0.15, 0.2) is 0 Å². The van der Waals surface area contributed by atoms with Crippen molar-refractivity contribution in [2.45, 2.75) is 25.9 Å². The van der Waals surface area contributed by atoms with E-state index in [1.807, 2.05) is 26.0 Å². The molecule has 0 radical (unpaired) electrons. The molecular weight excluding hydrogens is 304 g/mol. The second-order valence-corrected chi connectivity index (χ2v) is 5.66. The molecule has 2 atom stereocenters. The number of carbonyl (C=O) groups excluding carboxylic acids is 1. The van der Waals surface area contributed by atoms with E-state index in [-0.39, 0.29) is 36.0 Å². The van der Waals surface area contributed by atoms with Gasteiger partial charge in [-0.15, -0.1) is 12.4 Å². The van der Waals surface area contributed by atoms with Gasteiger partial charge in [-0.25, -0.2) is 4.79 Å². The molecule has 1 saturated heterocycles. The SMILES string of the molecule is CC1CN(C(=O)c2cc3ccccc3oc2=O)CC(C)N1.Cl. The van der Waals surface area contributed by atoms with Crippen molar-refractivity contribution in [2.75, 3.05) is 13.1 Å². The number of nitrogens with one attached hydrogen (secondary N) is 1. The van der Waals surface area contributed by atoms with Crippen molar-refractivity contribution in [1.82, 2.24) is 10.2 Å². The van der Waals surface area contributed by atoms with Crippen molar-refractivity contribution in [3.63, 3.8) is 0 Å². The number of para-hydroxylation sites is 1. The van der Waals surface area contributed by atoms with Crippen LogP contribution in [-0.2, 0) is 0 Å². The number of benzene rings is 1. The molecule has 2 unspecified atom stereocenters. The van der Waals surface area contributed by atoms with Crippen LogP contribution >= 0.6 is 12.4 Å². The molecule has 0 bridgehead atoms. The van der Waals surface area contributed by atoms with E-state index in [2.05, 4.69) is 5.32 Å². The number of piperazine rings is 1. The number of rotatable bonds is 1. The van der Waals surface area contributed by atoms with Gasteiger partial charge in [-0.05, 0) is 26.0 Å². The van der Waals surface area contributed by atoms with Crippen LogP contribution in [0.2, 0.25) is 0 Å². The maximum Gasteiger partial charge on any atom is 0.349 e. The molecule has 1 aliphatic heterocycles. The monoisotopic (exact) mass is 322 g/mol. The Labute approximate surface area is 134 Å². The van der Waals surface area contributed by atoms with Gasteiger partial charge in [-0.1, -0.05) is 18.2 Å². The fourth-order valence-corrected chi connectivity index (χ4v) is 2.87. The molecule has 2 aromatic rings. The Hall–Kier alpha value is -1.85. The second kappa shape index (κ2) is 6.50. The number of amides is 1. The van der Waals surface area contributed by atoms with Crippen LogP contribution in [0.5, 0.6) is 0 Å². The highest BCUT2D eigenvalue weighted by Gasteiger charge is 2.27. The lowest BCUT2D eigenvalue weighted by molar-refractivity contribution is 0.0669. The Morgan fingerprint density at radius 3 is 2.55 bits per heavy atom. The Balaban J connectivity index is 0.00000176. The zero-order chi connectivity index (χ0) is 15.0. The van der Waals surface area contributed by atoms with Crippen molar-refractivity contribution in [1.29, 1.82) is 0 Å². The Bertz CT molecular complexity index is 733. The number of halogens is 1. The third-order valence-electron chi connectivity index (χ3n) is 3.72. The van der Waals surface area contributed by atoms with Gasteiger partial charge < -0.3 is 14.6 Å². The number of hydrogen-bond donors (Lipinski definition) is 1. The lowest BCUT2D eigenvalue weighted by Crippen LogP contribution is -2.56. The van der Waals surface area contributed by atoms with Gasteiger partial charge in [0, 0.05) is 30.6 Å². The molecule has 22 heavy (non-hydrogen) atoms. The maximum absolute atomic E-state index is 12.6. The first-order chi connectivity index (χ1) is 10.0. The van der Waals surface area contributed by atoms with E-state index in [9.17, 15) is 9.59 Å². The minimum Gasteiger partial charge on any atom is -0.422 e. The summed E-state index contributed by atoms with van der Waals surface area (Å²) in [6, 6.07) is 9.26. The Kier molecular flexibility index (Phi) is 4.88. The lowest BCUT2D eigenvalue weighted by Gasteiger charge is -2.36. The summed E-state index contributed by atoms with van der Waals surface area (Å²) in [5.41, 5.74) is 0.0358. The van der Waals surface area contributed by atoms with Crippen molar-refractivity contribution < 1.29 is 9.21 Å². The predicted molar refractivity (Wildman–Crippen MR) is 87.7 cm³/mol. The van der Waals surface area contributed by atoms with Gasteiger partial charge in [0.1, 0.15) is 11.1 Å². The first-order valence-electron chi connectivity index (χ1n) is 7.13. The van der Waals surface area contributed by atoms with E-state index in [1.54, 1.807) is 23.1 Å². The molecular formula is C16H19ClN2O3. The first-order valence-corrected chi connectivity index (χ1v) is 7.13.